The van der Waals surface area contributed by atoms with E-state index in [4.69, 9.17) is 0 Å². The van der Waals surface area contributed by atoms with Crippen LogP contribution < -0.4 is 4.31 Å². The van der Waals surface area contributed by atoms with Crippen LogP contribution in [-0.4, -0.2) is 67.0 Å². The number of fused-ring (bicyclic) bond motifs is 6. The number of carbonyl (C=O) groups is 2. The first kappa shape index (κ1) is 23.2. The second-order valence-corrected chi connectivity index (χ2v) is 12.1. The smallest absolute Gasteiger partial charge is 0.266 e. The van der Waals surface area contributed by atoms with E-state index in [0.29, 0.717) is 17.7 Å². The molecule has 4 aliphatic rings. The second kappa shape index (κ2) is 7.78. The third-order valence-corrected chi connectivity index (χ3v) is 10.2. The minimum Gasteiger partial charge on any atom is -0.389 e. The molecule has 3 aromatic carbocycles. The molecule has 38 heavy (non-hydrogen) atoms. The first-order valence-corrected chi connectivity index (χ1v) is 14.0. The highest BCUT2D eigenvalue weighted by atomic mass is 32.2. The summed E-state index contributed by atoms with van der Waals surface area (Å²) in [7, 11) is -2.67. The molecule has 8 nitrogen and oxygen atoms in total. The number of piperazine rings is 1. The van der Waals surface area contributed by atoms with E-state index in [-0.39, 0.29) is 11.4 Å². The minimum absolute atomic E-state index is 0.0669. The molecule has 2 amide bonds. The molecule has 1 aliphatic carbocycles. The van der Waals surface area contributed by atoms with Gasteiger partial charge in [0.05, 0.1) is 22.5 Å². The van der Waals surface area contributed by atoms with Gasteiger partial charge in [-0.3, -0.25) is 9.59 Å². The zero-order valence-corrected chi connectivity index (χ0v) is 21.4. The van der Waals surface area contributed by atoms with E-state index in [1.165, 1.54) is 33.3 Å². The third-order valence-electron chi connectivity index (χ3n) is 8.41. The third kappa shape index (κ3) is 2.70. The van der Waals surface area contributed by atoms with Crippen LogP contribution in [0.3, 0.4) is 0 Å². The quantitative estimate of drug-likeness (QED) is 0.563. The van der Waals surface area contributed by atoms with Gasteiger partial charge in [-0.25, -0.2) is 12.7 Å². The largest absolute Gasteiger partial charge is 0.389 e. The summed E-state index contributed by atoms with van der Waals surface area (Å²) in [4.78, 5) is 29.9. The molecule has 3 aliphatic heterocycles. The van der Waals surface area contributed by atoms with Gasteiger partial charge in [0.2, 0.25) is 11.8 Å². The average Bonchev–Trinajstić information content (AvgIpc) is 3.56. The molecular weight excluding hydrogens is 502 g/mol. The summed E-state index contributed by atoms with van der Waals surface area (Å²) < 4.78 is 30.0. The fourth-order valence-electron chi connectivity index (χ4n) is 6.89. The number of allylic oxidation sites excluding steroid dienone is 1. The maximum Gasteiger partial charge on any atom is 0.266 e. The highest BCUT2D eigenvalue weighted by molar-refractivity contribution is 7.93. The Kier molecular flexibility index (Phi) is 4.75. The van der Waals surface area contributed by atoms with Crippen LogP contribution >= 0.6 is 0 Å². The van der Waals surface area contributed by atoms with Crippen molar-refractivity contribution in [3.05, 3.63) is 102 Å². The summed E-state index contributed by atoms with van der Waals surface area (Å²) in [5, 5.41) is 12.2. The van der Waals surface area contributed by atoms with Gasteiger partial charge in [0, 0.05) is 7.05 Å². The van der Waals surface area contributed by atoms with Crippen LogP contribution in [0, 0.1) is 0 Å². The van der Waals surface area contributed by atoms with E-state index in [9.17, 15) is 23.1 Å². The Morgan fingerprint density at radius 1 is 0.921 bits per heavy atom. The molecule has 3 aromatic rings. The van der Waals surface area contributed by atoms with Gasteiger partial charge in [-0.05, 0) is 46.9 Å². The lowest BCUT2D eigenvalue weighted by molar-refractivity contribution is -0.156. The molecule has 192 valence electrons. The number of aliphatic hydroxyl groups is 1. The lowest BCUT2D eigenvalue weighted by Crippen LogP contribution is -2.63. The Bertz CT molecular complexity index is 1650. The van der Waals surface area contributed by atoms with Gasteiger partial charge in [0.15, 0.2) is 0 Å². The van der Waals surface area contributed by atoms with Crippen molar-refractivity contribution in [2.45, 2.75) is 35.0 Å². The van der Waals surface area contributed by atoms with E-state index in [1.54, 1.807) is 36.4 Å². The number of sulfonamides is 1. The molecule has 0 aromatic heterocycles. The van der Waals surface area contributed by atoms with Crippen molar-refractivity contribution < 1.29 is 23.1 Å². The average molecular weight is 528 g/mol. The number of amides is 2. The van der Waals surface area contributed by atoms with Crippen molar-refractivity contribution in [1.82, 2.24) is 9.80 Å². The number of rotatable bonds is 3. The van der Waals surface area contributed by atoms with Gasteiger partial charge in [-0.2, -0.15) is 0 Å². The van der Waals surface area contributed by atoms with Crippen molar-refractivity contribution in [1.29, 1.82) is 0 Å². The Labute approximate surface area is 220 Å². The lowest BCUT2D eigenvalue weighted by Gasteiger charge is -2.41. The van der Waals surface area contributed by atoms with E-state index in [1.807, 2.05) is 36.4 Å². The van der Waals surface area contributed by atoms with Crippen LogP contribution in [0.1, 0.15) is 16.7 Å². The molecule has 0 spiro atoms. The summed E-state index contributed by atoms with van der Waals surface area (Å²) in [6, 6.07) is 21.7. The monoisotopic (exact) mass is 527 g/mol. The van der Waals surface area contributed by atoms with Crippen molar-refractivity contribution in [3.63, 3.8) is 0 Å². The first-order chi connectivity index (χ1) is 18.3. The van der Waals surface area contributed by atoms with E-state index in [0.717, 1.165) is 16.7 Å². The number of aliphatic hydroxyl groups excluding tert-OH is 1. The van der Waals surface area contributed by atoms with Gasteiger partial charge in [0.25, 0.3) is 10.0 Å². The SMILES string of the molecule is CN1CC(=O)N2[C@H](C1=O)[C@@H](O)[C@]1(C3=CCc4ccccc43)c3ccccc3N(S(=O)(=O)c3ccccc3)[C@H]21. The van der Waals surface area contributed by atoms with Crippen LogP contribution in [0.25, 0.3) is 5.57 Å². The molecule has 0 bridgehead atoms. The second-order valence-electron chi connectivity index (χ2n) is 10.2. The Morgan fingerprint density at radius 2 is 1.61 bits per heavy atom. The highest BCUT2D eigenvalue weighted by Gasteiger charge is 2.73. The number of hydrogen-bond acceptors (Lipinski definition) is 5. The lowest BCUT2D eigenvalue weighted by atomic mass is 9.68. The molecule has 0 radical (unpaired) electrons. The zero-order valence-electron chi connectivity index (χ0n) is 20.6. The van der Waals surface area contributed by atoms with Crippen molar-refractivity contribution in [3.8, 4) is 0 Å². The Hall–Kier alpha value is -3.95. The van der Waals surface area contributed by atoms with Crippen LogP contribution in [0.2, 0.25) is 0 Å². The molecule has 1 N–H and O–H groups in total. The summed E-state index contributed by atoms with van der Waals surface area (Å²) >= 11 is 0. The molecule has 0 unspecified atom stereocenters. The van der Waals surface area contributed by atoms with Gasteiger partial charge in [0.1, 0.15) is 18.3 Å². The number of hydrogen-bond donors (Lipinski definition) is 1. The summed E-state index contributed by atoms with van der Waals surface area (Å²) in [5.74, 6) is -0.816. The minimum atomic E-state index is -4.20. The van der Waals surface area contributed by atoms with Gasteiger partial charge >= 0.3 is 0 Å². The number of nitrogens with zero attached hydrogens (tertiary/aromatic N) is 3. The van der Waals surface area contributed by atoms with Crippen LogP contribution in [-0.2, 0) is 31.4 Å². The zero-order chi connectivity index (χ0) is 26.4. The van der Waals surface area contributed by atoms with Crippen molar-refractivity contribution in [2.75, 3.05) is 17.9 Å². The molecule has 4 atom stereocenters. The van der Waals surface area contributed by atoms with E-state index < -0.39 is 45.6 Å². The van der Waals surface area contributed by atoms with Crippen LogP contribution in [0.5, 0.6) is 0 Å². The topological polar surface area (TPSA) is 98.2 Å². The standard InChI is InChI=1S/C29H25N3O5S/c1-30-17-24(33)31-25(27(30)35)26(34)29(21-16-15-18-9-5-6-12-20(18)21)22-13-7-8-14-23(22)32(28(29)31)38(36,37)19-10-3-2-4-11-19/h2-14,16,25-26,28,34H,15,17H2,1H3/t25-,26+,28-,29-/m0/s1. The van der Waals surface area contributed by atoms with Gasteiger partial charge in [-0.15, -0.1) is 0 Å². The summed E-state index contributed by atoms with van der Waals surface area (Å²) in [6.07, 6.45) is 0.0779. The normalized spacial score (nSPS) is 27.7. The van der Waals surface area contributed by atoms with Crippen LogP contribution in [0.4, 0.5) is 5.69 Å². The molecule has 7 rings (SSSR count). The number of para-hydroxylation sites is 1. The summed E-state index contributed by atoms with van der Waals surface area (Å²) in [6.45, 7) is -0.195. The summed E-state index contributed by atoms with van der Waals surface area (Å²) in [5.41, 5.74) is 2.27. The molecule has 2 fully saturated rings. The Morgan fingerprint density at radius 3 is 2.39 bits per heavy atom. The van der Waals surface area contributed by atoms with Gasteiger partial charge in [-0.1, -0.05) is 66.7 Å². The predicted molar refractivity (Wildman–Crippen MR) is 140 cm³/mol. The van der Waals surface area contributed by atoms with Crippen LogP contribution in [0.15, 0.2) is 89.8 Å². The highest BCUT2D eigenvalue weighted by Crippen LogP contribution is 2.62. The van der Waals surface area contributed by atoms with Crippen molar-refractivity contribution >= 4 is 33.1 Å². The fourth-order valence-corrected chi connectivity index (χ4v) is 8.57. The molecule has 0 saturated carbocycles. The maximum atomic E-state index is 14.4. The number of likely N-dealkylation sites (N-methyl/N-ethyl adjacent to an activating group) is 1. The molecule has 3 heterocycles. The predicted octanol–water partition coefficient (Wildman–Crippen LogP) is 2.14. The first-order valence-electron chi connectivity index (χ1n) is 12.5. The van der Waals surface area contributed by atoms with Gasteiger partial charge < -0.3 is 14.9 Å². The number of anilines is 1. The molecule has 2 saturated heterocycles. The Balaban J connectivity index is 1.57. The fraction of sp³-hybridized carbons (Fsp3) is 0.241. The van der Waals surface area contributed by atoms with Crippen molar-refractivity contribution in [2.24, 2.45) is 0 Å². The number of benzene rings is 3. The maximum absolute atomic E-state index is 14.4. The van der Waals surface area contributed by atoms with E-state index >= 15 is 0 Å². The van der Waals surface area contributed by atoms with E-state index in [2.05, 4.69) is 0 Å². The molecule has 9 heteroatoms. The molecular formula is C29H25N3O5S. The number of carbonyl (C=O) groups excluding carboxylic acids is 2.